The second kappa shape index (κ2) is 16.3. The van der Waals surface area contributed by atoms with Crippen LogP contribution < -0.4 is 15.0 Å². The number of nitrogens with zero attached hydrogens (tertiary/aromatic N) is 1. The summed E-state index contributed by atoms with van der Waals surface area (Å²) in [6.07, 6.45) is 3.01. The molecule has 12 nitrogen and oxygen atoms in total. The van der Waals surface area contributed by atoms with E-state index in [1.54, 1.807) is 67.6 Å². The Morgan fingerprint density at radius 2 is 1.96 bits per heavy atom. The summed E-state index contributed by atoms with van der Waals surface area (Å²) in [5, 5.41) is 14.5. The van der Waals surface area contributed by atoms with Gasteiger partial charge in [0, 0.05) is 32.8 Å². The number of rotatable bonds is 9. The maximum Gasteiger partial charge on any atom is 0.409 e. The lowest BCUT2D eigenvalue weighted by atomic mass is 9.72. The monoisotopic (exact) mass is 742 g/mol. The van der Waals surface area contributed by atoms with Crippen molar-refractivity contribution >= 4 is 56.8 Å². The minimum atomic E-state index is -1.82. The van der Waals surface area contributed by atoms with Crippen LogP contribution in [0.25, 0.3) is 0 Å². The Hall–Kier alpha value is -2.46. The highest BCUT2D eigenvalue weighted by Gasteiger charge is 2.63. The first-order chi connectivity index (χ1) is 23.1. The predicted molar refractivity (Wildman–Crippen MR) is 190 cm³/mol. The summed E-state index contributed by atoms with van der Waals surface area (Å²) in [4.78, 5) is 41.5. The van der Waals surface area contributed by atoms with E-state index in [4.69, 9.17) is 40.0 Å². The van der Waals surface area contributed by atoms with Gasteiger partial charge in [-0.3, -0.25) is 10.1 Å². The van der Waals surface area contributed by atoms with Gasteiger partial charge in [0.15, 0.2) is 11.8 Å². The number of hydrogen-bond donors (Lipinski definition) is 2. The molecule has 4 aliphatic rings. The highest BCUT2D eigenvalue weighted by atomic mass is 35.5. The molecule has 7 atom stereocenters. The van der Waals surface area contributed by atoms with Crippen molar-refractivity contribution in [3.05, 3.63) is 46.5 Å². The van der Waals surface area contributed by atoms with Gasteiger partial charge < -0.3 is 38.4 Å². The molecule has 49 heavy (non-hydrogen) atoms. The average Bonchev–Trinajstić information content (AvgIpc) is 3.03. The van der Waals surface area contributed by atoms with Gasteiger partial charge in [-0.25, -0.2) is 9.59 Å². The van der Waals surface area contributed by atoms with Crippen LogP contribution in [0.1, 0.15) is 52.5 Å². The van der Waals surface area contributed by atoms with Crippen LogP contribution in [0.2, 0.25) is 5.02 Å². The van der Waals surface area contributed by atoms with Crippen LogP contribution in [0.3, 0.4) is 0 Å². The molecule has 272 valence electrons. The lowest BCUT2D eigenvalue weighted by molar-refractivity contribution is -0.328. The molecule has 6 bridgehead atoms. The maximum atomic E-state index is 14.0. The lowest BCUT2D eigenvalue weighted by Gasteiger charge is -2.59. The van der Waals surface area contributed by atoms with E-state index in [2.05, 4.69) is 5.32 Å². The van der Waals surface area contributed by atoms with E-state index in [9.17, 15) is 19.5 Å². The van der Waals surface area contributed by atoms with Gasteiger partial charge in [-0.2, -0.15) is 0 Å². The molecule has 1 unspecified atom stereocenters. The Kier molecular flexibility index (Phi) is 13.1. The van der Waals surface area contributed by atoms with Crippen LogP contribution in [0.5, 0.6) is 5.75 Å². The number of hydrogen-bond acceptors (Lipinski definition) is 12. The van der Waals surface area contributed by atoms with Crippen molar-refractivity contribution in [3.8, 4) is 5.75 Å². The fourth-order valence-corrected chi connectivity index (χ4v) is 7.89. The zero-order valence-electron chi connectivity index (χ0n) is 29.2. The highest BCUT2D eigenvalue weighted by molar-refractivity contribution is 8.76. The van der Waals surface area contributed by atoms with Gasteiger partial charge in [0.1, 0.15) is 40.3 Å². The fraction of sp³-hybridized carbons (Fsp3) is 0.618. The van der Waals surface area contributed by atoms with Crippen molar-refractivity contribution in [2.75, 3.05) is 44.8 Å². The van der Waals surface area contributed by atoms with Crippen molar-refractivity contribution in [2.24, 2.45) is 0 Å². The number of carbonyl (C=O) groups excluding carboxylic acids is 3. The number of allylic oxidation sites excluding steroid dienone is 3. The maximum absolute atomic E-state index is 14.0. The highest BCUT2D eigenvalue weighted by Crippen LogP contribution is 2.50. The molecule has 1 aromatic carbocycles. The molecule has 1 aromatic rings. The standard InChI is InChI=1S/C34H47ClN2O10S2/c1-20-10-9-11-25(43-7)34(41)18-27(46-31(40)36-34)33(4)19-32(3,47-33)26(45-30(39)21(2)44-12-13-49-48-8)17-28(38)37(5)23-15-22(14-20)16-24(42-6)29(23)35/h9-11,15-16,21,25-27,41H,12-14,17-19H2,1-8H3,(H,36,40)/b11-9+,20-10+/t21-,25+,26-,27-,32+,33?,34-/m0/s1. The van der Waals surface area contributed by atoms with E-state index >= 15 is 0 Å². The SMILES string of the molecule is COc1cc2cc(c1Cl)N(C)C(=O)C[C@H](OC(=O)[C@H](C)OCCSSC)[C@@]1(C)CC(C)(O1)[C@@H]1C[C@@](O)(NC(=O)O1)[C@H](OC)/C=C/C=C(\C)C2. The summed E-state index contributed by atoms with van der Waals surface area (Å²) in [5.41, 5.74) is -1.88. The first-order valence-corrected chi connectivity index (χ1v) is 19.1. The number of ether oxygens (including phenoxy) is 6. The minimum Gasteiger partial charge on any atom is -0.495 e. The fourth-order valence-electron chi connectivity index (χ4n) is 6.54. The van der Waals surface area contributed by atoms with Crippen molar-refractivity contribution in [1.29, 1.82) is 0 Å². The Labute approximate surface area is 300 Å². The Morgan fingerprint density at radius 1 is 1.24 bits per heavy atom. The first-order valence-electron chi connectivity index (χ1n) is 16.0. The number of amides is 2. The number of nitrogens with one attached hydrogen (secondary N) is 1. The lowest BCUT2D eigenvalue weighted by Crippen LogP contribution is -2.72. The van der Waals surface area contributed by atoms with E-state index in [-0.39, 0.29) is 30.2 Å². The molecule has 0 radical (unpaired) electrons. The smallest absolute Gasteiger partial charge is 0.409 e. The van der Waals surface area contributed by atoms with Gasteiger partial charge >= 0.3 is 12.1 Å². The van der Waals surface area contributed by atoms with Crippen molar-refractivity contribution < 1.29 is 47.9 Å². The molecule has 2 N–H and O–H groups in total. The summed E-state index contributed by atoms with van der Waals surface area (Å²) >= 11 is 6.73. The number of carbonyl (C=O) groups is 3. The Balaban J connectivity index is 1.74. The molecule has 2 fully saturated rings. The number of esters is 1. The number of fused-ring (bicyclic) bond motifs is 6. The molecule has 0 saturated carbocycles. The summed E-state index contributed by atoms with van der Waals surface area (Å²) in [6.45, 7) is 7.37. The summed E-state index contributed by atoms with van der Waals surface area (Å²) in [5.74, 6) is 0.0461. The number of alkyl carbamates (subject to hydrolysis) is 1. The van der Waals surface area contributed by atoms with Crippen LogP contribution in [0.4, 0.5) is 10.5 Å². The first kappa shape index (κ1) is 39.3. The van der Waals surface area contributed by atoms with E-state index < -0.39 is 53.4 Å². The largest absolute Gasteiger partial charge is 0.495 e. The molecular formula is C34H47ClN2O10S2. The van der Waals surface area contributed by atoms with E-state index in [0.29, 0.717) is 30.2 Å². The molecule has 0 aliphatic carbocycles. The van der Waals surface area contributed by atoms with E-state index in [0.717, 1.165) is 11.1 Å². The van der Waals surface area contributed by atoms with Gasteiger partial charge in [0.2, 0.25) is 5.91 Å². The number of aliphatic hydroxyl groups is 1. The van der Waals surface area contributed by atoms with Gasteiger partial charge in [0.05, 0.1) is 25.8 Å². The minimum absolute atomic E-state index is 0.0634. The third-order valence-electron chi connectivity index (χ3n) is 9.11. The van der Waals surface area contributed by atoms with E-state index in [1.807, 2.05) is 25.3 Å². The molecule has 2 saturated heterocycles. The predicted octanol–water partition coefficient (Wildman–Crippen LogP) is 5.23. The number of halogens is 1. The normalized spacial score (nSPS) is 32.9. The second-order valence-corrected chi connectivity index (χ2v) is 16.1. The quantitative estimate of drug-likeness (QED) is 0.195. The van der Waals surface area contributed by atoms with Crippen LogP contribution in [0, 0.1) is 0 Å². The van der Waals surface area contributed by atoms with Crippen molar-refractivity contribution in [2.45, 2.75) is 94.7 Å². The molecular weight excluding hydrogens is 696 g/mol. The zero-order chi connectivity index (χ0) is 36.1. The third-order valence-corrected chi connectivity index (χ3v) is 11.3. The van der Waals surface area contributed by atoms with Crippen LogP contribution in [-0.2, 0) is 39.7 Å². The van der Waals surface area contributed by atoms with Gasteiger partial charge in [0.25, 0.3) is 0 Å². The number of benzene rings is 1. The molecule has 2 amide bonds. The third kappa shape index (κ3) is 9.07. The molecule has 4 heterocycles. The molecule has 4 aliphatic heterocycles. The second-order valence-electron chi connectivity index (χ2n) is 13.0. The molecule has 15 heteroatoms. The van der Waals surface area contributed by atoms with Gasteiger partial charge in [-0.05, 0) is 58.1 Å². The van der Waals surface area contributed by atoms with Crippen molar-refractivity contribution in [1.82, 2.24) is 5.32 Å². The molecule has 0 aromatic heterocycles. The van der Waals surface area contributed by atoms with Gasteiger partial charge in [-0.1, -0.05) is 57.0 Å². The topological polar surface area (TPSA) is 142 Å². The van der Waals surface area contributed by atoms with Crippen LogP contribution >= 0.6 is 33.2 Å². The van der Waals surface area contributed by atoms with Crippen molar-refractivity contribution in [3.63, 3.8) is 0 Å². The Bertz CT molecular complexity index is 1450. The summed E-state index contributed by atoms with van der Waals surface area (Å²) in [6, 6.07) is 3.62. The Morgan fingerprint density at radius 3 is 2.61 bits per heavy atom. The van der Waals surface area contributed by atoms with Crippen LogP contribution in [0.15, 0.2) is 35.9 Å². The average molecular weight is 743 g/mol. The van der Waals surface area contributed by atoms with Gasteiger partial charge in [-0.15, -0.1) is 0 Å². The summed E-state index contributed by atoms with van der Waals surface area (Å²) in [7, 11) is 7.75. The molecule has 5 rings (SSSR count). The number of methoxy groups -OCH3 is 2. The zero-order valence-corrected chi connectivity index (χ0v) is 31.6. The van der Waals surface area contributed by atoms with E-state index in [1.165, 1.54) is 19.1 Å². The molecule has 0 spiro atoms. The van der Waals surface area contributed by atoms with Crippen LogP contribution in [-0.4, -0.2) is 104 Å². The number of anilines is 1. The summed E-state index contributed by atoms with van der Waals surface area (Å²) < 4.78 is 35.0.